The zero-order valence-corrected chi connectivity index (χ0v) is 14.9. The van der Waals surface area contributed by atoms with E-state index in [1.165, 1.54) is 0 Å². The van der Waals surface area contributed by atoms with Crippen LogP contribution in [-0.2, 0) is 0 Å². The van der Waals surface area contributed by atoms with Crippen LogP contribution < -0.4 is 10.1 Å². The van der Waals surface area contributed by atoms with Crippen molar-refractivity contribution in [3.63, 3.8) is 0 Å². The highest BCUT2D eigenvalue weighted by atomic mass is 16.5. The number of benzene rings is 2. The van der Waals surface area contributed by atoms with Crippen LogP contribution in [0.4, 0.5) is 0 Å². The van der Waals surface area contributed by atoms with Crippen molar-refractivity contribution < 1.29 is 14.6 Å². The zero-order valence-electron chi connectivity index (χ0n) is 14.9. The summed E-state index contributed by atoms with van der Waals surface area (Å²) in [6.45, 7) is 3.68. The molecule has 0 saturated heterocycles. The molecule has 2 aromatic carbocycles. The van der Waals surface area contributed by atoms with Crippen LogP contribution in [-0.4, -0.2) is 41.8 Å². The monoisotopic (exact) mass is 352 g/mol. The summed E-state index contributed by atoms with van der Waals surface area (Å²) in [4.78, 5) is 11.3. The Bertz CT molecular complexity index is 873. The molecule has 5 heteroatoms. The molecule has 0 aliphatic heterocycles. The third-order valence-electron chi connectivity index (χ3n) is 4.26. The number of rotatable bonds is 9. The topological polar surface area (TPSA) is 63.5 Å². The van der Waals surface area contributed by atoms with Crippen LogP contribution in [0.1, 0.15) is 23.7 Å². The van der Waals surface area contributed by atoms with Crippen LogP contribution >= 0.6 is 0 Å². The Hall–Kier alpha value is -2.63. The normalized spacial score (nSPS) is 12.2. The van der Waals surface area contributed by atoms with Gasteiger partial charge in [-0.3, -0.25) is 4.79 Å². The second-order valence-electron chi connectivity index (χ2n) is 6.22. The maximum atomic E-state index is 11.3. The number of carbonyl (C=O) groups is 1. The van der Waals surface area contributed by atoms with E-state index < -0.39 is 6.10 Å². The number of aliphatic hydroxyl groups excluding tert-OH is 1. The largest absolute Gasteiger partial charge is 0.489 e. The predicted octanol–water partition coefficient (Wildman–Crippen LogP) is 3.18. The molecule has 26 heavy (non-hydrogen) atoms. The number of fused-ring (bicyclic) bond motifs is 1. The highest BCUT2D eigenvalue weighted by Crippen LogP contribution is 2.28. The molecular formula is C21H24N2O3. The first-order valence-corrected chi connectivity index (χ1v) is 8.90. The third-order valence-corrected chi connectivity index (χ3v) is 4.26. The molecule has 0 fully saturated rings. The molecule has 1 atom stereocenters. The summed E-state index contributed by atoms with van der Waals surface area (Å²) in [6, 6.07) is 15.3. The lowest BCUT2D eigenvalue weighted by Crippen LogP contribution is -2.31. The quantitative estimate of drug-likeness (QED) is 0.459. The molecule has 1 aromatic heterocycles. The summed E-state index contributed by atoms with van der Waals surface area (Å²) in [5.74, 6) is 0.691. The minimum atomic E-state index is -0.572. The highest BCUT2D eigenvalue weighted by Gasteiger charge is 2.12. The third kappa shape index (κ3) is 3.95. The van der Waals surface area contributed by atoms with Gasteiger partial charge >= 0.3 is 0 Å². The summed E-state index contributed by atoms with van der Waals surface area (Å²) in [6.07, 6.45) is 3.26. The summed E-state index contributed by atoms with van der Waals surface area (Å²) in [5, 5.41) is 14.2. The molecule has 1 heterocycles. The van der Waals surface area contributed by atoms with Crippen molar-refractivity contribution in [2.75, 3.05) is 19.7 Å². The van der Waals surface area contributed by atoms with Crippen molar-refractivity contribution in [2.24, 2.45) is 0 Å². The van der Waals surface area contributed by atoms with E-state index in [1.54, 1.807) is 0 Å². The van der Waals surface area contributed by atoms with Gasteiger partial charge in [-0.05, 0) is 37.2 Å². The van der Waals surface area contributed by atoms with Gasteiger partial charge in [0, 0.05) is 23.7 Å². The van der Waals surface area contributed by atoms with Gasteiger partial charge in [0.2, 0.25) is 0 Å². The van der Waals surface area contributed by atoms with Crippen LogP contribution in [0.2, 0.25) is 0 Å². The first-order chi connectivity index (χ1) is 12.7. The Kier molecular flexibility index (Phi) is 6.04. The SMILES string of the molecule is CCCNCC(O)COc1ccccc1-n1ccc2c(C=O)cccc21. The van der Waals surface area contributed by atoms with Crippen molar-refractivity contribution in [3.05, 3.63) is 60.3 Å². The van der Waals surface area contributed by atoms with E-state index in [0.29, 0.717) is 17.9 Å². The van der Waals surface area contributed by atoms with E-state index in [9.17, 15) is 9.90 Å². The van der Waals surface area contributed by atoms with Gasteiger partial charge in [0.05, 0.1) is 11.2 Å². The van der Waals surface area contributed by atoms with Crippen molar-refractivity contribution in [1.82, 2.24) is 9.88 Å². The molecule has 0 aliphatic carbocycles. The molecule has 0 radical (unpaired) electrons. The number of aromatic nitrogens is 1. The number of hydrogen-bond acceptors (Lipinski definition) is 4. The maximum Gasteiger partial charge on any atom is 0.150 e. The van der Waals surface area contributed by atoms with E-state index in [0.717, 1.165) is 35.8 Å². The number of para-hydroxylation sites is 2. The van der Waals surface area contributed by atoms with Crippen LogP contribution in [0, 0.1) is 0 Å². The minimum absolute atomic E-state index is 0.215. The second kappa shape index (κ2) is 8.65. The Balaban J connectivity index is 1.83. The lowest BCUT2D eigenvalue weighted by molar-refractivity contribution is 0.106. The Morgan fingerprint density at radius 2 is 2.04 bits per heavy atom. The fourth-order valence-corrected chi connectivity index (χ4v) is 2.97. The Morgan fingerprint density at radius 1 is 1.19 bits per heavy atom. The van der Waals surface area contributed by atoms with Crippen LogP contribution in [0.3, 0.4) is 0 Å². The van der Waals surface area contributed by atoms with E-state index in [-0.39, 0.29) is 6.61 Å². The Labute approximate surface area is 153 Å². The number of nitrogens with zero attached hydrogens (tertiary/aromatic N) is 1. The van der Waals surface area contributed by atoms with Crippen molar-refractivity contribution >= 4 is 17.2 Å². The first-order valence-electron chi connectivity index (χ1n) is 8.90. The number of hydrogen-bond donors (Lipinski definition) is 2. The van der Waals surface area contributed by atoms with Gasteiger partial charge in [0.25, 0.3) is 0 Å². The summed E-state index contributed by atoms with van der Waals surface area (Å²) in [5.41, 5.74) is 2.48. The number of carbonyl (C=O) groups excluding carboxylic acids is 1. The molecule has 0 bridgehead atoms. The lowest BCUT2D eigenvalue weighted by atomic mass is 10.1. The average Bonchev–Trinajstić information content (AvgIpc) is 3.11. The standard InChI is InChI=1S/C21H24N2O3/c1-2-11-22-13-17(25)15-26-21-9-4-3-7-20(21)23-12-10-18-16(14-24)6-5-8-19(18)23/h3-10,12,14,17,22,25H,2,11,13,15H2,1H3. The van der Waals surface area contributed by atoms with E-state index in [2.05, 4.69) is 12.2 Å². The number of aldehydes is 1. The molecule has 0 amide bonds. The average molecular weight is 352 g/mol. The zero-order chi connectivity index (χ0) is 18.4. The molecule has 0 spiro atoms. The summed E-state index contributed by atoms with van der Waals surface area (Å²) < 4.78 is 7.88. The van der Waals surface area contributed by atoms with Crippen LogP contribution in [0.25, 0.3) is 16.6 Å². The van der Waals surface area contributed by atoms with Gasteiger partial charge in [-0.25, -0.2) is 0 Å². The Morgan fingerprint density at radius 3 is 2.85 bits per heavy atom. The van der Waals surface area contributed by atoms with E-state index in [4.69, 9.17) is 4.74 Å². The number of nitrogens with one attached hydrogen (secondary N) is 1. The molecule has 5 nitrogen and oxygen atoms in total. The molecule has 0 saturated carbocycles. The van der Waals surface area contributed by atoms with Gasteiger partial charge in [-0.1, -0.05) is 31.2 Å². The van der Waals surface area contributed by atoms with E-state index >= 15 is 0 Å². The molecular weight excluding hydrogens is 328 g/mol. The van der Waals surface area contributed by atoms with Gasteiger partial charge in [-0.2, -0.15) is 0 Å². The van der Waals surface area contributed by atoms with Gasteiger partial charge < -0.3 is 19.7 Å². The highest BCUT2D eigenvalue weighted by molar-refractivity contribution is 5.97. The first kappa shape index (κ1) is 18.2. The molecule has 0 aliphatic rings. The van der Waals surface area contributed by atoms with E-state index in [1.807, 2.05) is 59.3 Å². The van der Waals surface area contributed by atoms with Crippen molar-refractivity contribution in [2.45, 2.75) is 19.4 Å². The van der Waals surface area contributed by atoms with Crippen LogP contribution in [0.5, 0.6) is 5.75 Å². The predicted molar refractivity (Wildman–Crippen MR) is 103 cm³/mol. The maximum absolute atomic E-state index is 11.3. The summed E-state index contributed by atoms with van der Waals surface area (Å²) in [7, 11) is 0. The van der Waals surface area contributed by atoms with Crippen molar-refractivity contribution in [3.8, 4) is 11.4 Å². The van der Waals surface area contributed by atoms with Crippen molar-refractivity contribution in [1.29, 1.82) is 0 Å². The van der Waals surface area contributed by atoms with Gasteiger partial charge in [0.1, 0.15) is 18.5 Å². The fraction of sp³-hybridized carbons (Fsp3) is 0.286. The molecule has 136 valence electrons. The number of aliphatic hydroxyl groups is 1. The molecule has 3 rings (SSSR count). The number of ether oxygens (including phenoxy) is 1. The molecule has 2 N–H and O–H groups in total. The van der Waals surface area contributed by atoms with Gasteiger partial charge in [-0.15, -0.1) is 0 Å². The fourth-order valence-electron chi connectivity index (χ4n) is 2.97. The molecule has 1 unspecified atom stereocenters. The van der Waals surface area contributed by atoms with Gasteiger partial charge in [0.15, 0.2) is 6.29 Å². The minimum Gasteiger partial charge on any atom is -0.489 e. The second-order valence-corrected chi connectivity index (χ2v) is 6.22. The molecule has 3 aromatic rings. The van der Waals surface area contributed by atoms with Crippen LogP contribution in [0.15, 0.2) is 54.7 Å². The lowest BCUT2D eigenvalue weighted by Gasteiger charge is -2.16. The summed E-state index contributed by atoms with van der Waals surface area (Å²) >= 11 is 0. The smallest absolute Gasteiger partial charge is 0.150 e.